The Balaban J connectivity index is 1.58. The fourth-order valence-electron chi connectivity index (χ4n) is 3.74. The number of aromatic nitrogens is 3. The third-order valence-electron chi connectivity index (χ3n) is 4.94. The fraction of sp³-hybridized carbons (Fsp3) is 0.300. The van der Waals surface area contributed by atoms with Gasteiger partial charge in [-0.05, 0) is 36.1 Å². The summed E-state index contributed by atoms with van der Waals surface area (Å²) in [5, 5.41) is 7.88. The predicted octanol–water partition coefficient (Wildman–Crippen LogP) is 4.12. The summed E-state index contributed by atoms with van der Waals surface area (Å²) >= 11 is 0. The molecule has 3 unspecified atom stereocenters. The first-order chi connectivity index (χ1) is 12.3. The van der Waals surface area contributed by atoms with Gasteiger partial charge >= 0.3 is 0 Å². The van der Waals surface area contributed by atoms with Crippen molar-refractivity contribution in [3.8, 4) is 0 Å². The smallest absolute Gasteiger partial charge is 0.123 e. The molecule has 1 saturated carbocycles. The highest BCUT2D eigenvalue weighted by Crippen LogP contribution is 2.44. The highest BCUT2D eigenvalue weighted by Gasteiger charge is 2.39. The molecular weight excluding hydrogens is 317 g/mol. The van der Waals surface area contributed by atoms with Crippen LogP contribution in [0.2, 0.25) is 0 Å². The summed E-state index contributed by atoms with van der Waals surface area (Å²) in [6.45, 7) is 0.581. The second-order valence-corrected chi connectivity index (χ2v) is 6.47. The van der Waals surface area contributed by atoms with Gasteiger partial charge in [-0.25, -0.2) is 4.39 Å². The Morgan fingerprint density at radius 3 is 2.40 bits per heavy atom. The molecule has 1 aromatic heterocycles. The van der Waals surface area contributed by atoms with Crippen molar-refractivity contribution in [2.75, 3.05) is 0 Å². The van der Waals surface area contributed by atoms with Crippen molar-refractivity contribution in [2.24, 2.45) is 0 Å². The first-order valence-corrected chi connectivity index (χ1v) is 8.56. The predicted molar refractivity (Wildman–Crippen MR) is 92.5 cm³/mol. The van der Waals surface area contributed by atoms with Crippen molar-refractivity contribution in [3.63, 3.8) is 0 Å². The Labute approximate surface area is 146 Å². The number of halogens is 1. The van der Waals surface area contributed by atoms with Gasteiger partial charge in [0.1, 0.15) is 18.5 Å². The van der Waals surface area contributed by atoms with Gasteiger partial charge in [-0.1, -0.05) is 42.5 Å². The van der Waals surface area contributed by atoms with Gasteiger partial charge in [0.2, 0.25) is 0 Å². The van der Waals surface area contributed by atoms with Crippen molar-refractivity contribution in [3.05, 3.63) is 84.2 Å². The Kier molecular flexibility index (Phi) is 4.57. The average Bonchev–Trinajstić information content (AvgIpc) is 3.31. The van der Waals surface area contributed by atoms with Gasteiger partial charge in [0.25, 0.3) is 0 Å². The molecule has 1 heterocycles. The van der Waals surface area contributed by atoms with Gasteiger partial charge < -0.3 is 9.30 Å². The van der Waals surface area contributed by atoms with E-state index in [1.807, 2.05) is 34.9 Å². The van der Waals surface area contributed by atoms with Gasteiger partial charge in [-0.3, -0.25) is 0 Å². The van der Waals surface area contributed by atoms with Crippen LogP contribution in [0.15, 0.2) is 67.3 Å². The van der Waals surface area contributed by atoms with Gasteiger partial charge in [0.05, 0.1) is 12.7 Å². The van der Waals surface area contributed by atoms with E-state index in [2.05, 4.69) is 22.3 Å². The lowest BCUT2D eigenvalue weighted by Crippen LogP contribution is -2.22. The lowest BCUT2D eigenvalue weighted by Gasteiger charge is -2.26. The molecule has 3 aromatic rings. The number of rotatable bonds is 5. The van der Waals surface area contributed by atoms with Gasteiger partial charge in [-0.2, -0.15) is 0 Å². The highest BCUT2D eigenvalue weighted by molar-refractivity contribution is 5.25. The monoisotopic (exact) mass is 337 g/mol. The zero-order valence-electron chi connectivity index (χ0n) is 13.8. The second kappa shape index (κ2) is 7.15. The van der Waals surface area contributed by atoms with E-state index in [0.717, 1.165) is 24.0 Å². The van der Waals surface area contributed by atoms with E-state index in [4.69, 9.17) is 4.74 Å². The molecule has 0 bridgehead atoms. The van der Waals surface area contributed by atoms with E-state index >= 15 is 0 Å². The lowest BCUT2D eigenvalue weighted by atomic mass is 9.92. The summed E-state index contributed by atoms with van der Waals surface area (Å²) in [4.78, 5) is 0. The quantitative estimate of drug-likeness (QED) is 0.703. The van der Waals surface area contributed by atoms with E-state index in [1.165, 1.54) is 12.1 Å². The molecule has 4 rings (SSSR count). The molecule has 0 saturated heterocycles. The molecule has 5 heteroatoms. The van der Waals surface area contributed by atoms with Crippen LogP contribution in [-0.2, 0) is 11.3 Å². The molecule has 3 atom stereocenters. The number of benzene rings is 2. The molecule has 1 aliphatic carbocycles. The van der Waals surface area contributed by atoms with Crippen LogP contribution < -0.4 is 0 Å². The Hall–Kier alpha value is -2.53. The molecule has 0 amide bonds. The molecule has 2 aromatic carbocycles. The third kappa shape index (κ3) is 3.46. The summed E-state index contributed by atoms with van der Waals surface area (Å²) in [5.74, 6) is -0.0651. The summed E-state index contributed by atoms with van der Waals surface area (Å²) in [6.07, 6.45) is 5.52. The zero-order valence-corrected chi connectivity index (χ0v) is 13.8. The SMILES string of the molecule is Fc1ccc(C2C(OCc3ccccc3)CCC2n2cnnc2)cc1. The highest BCUT2D eigenvalue weighted by atomic mass is 19.1. The van der Waals surface area contributed by atoms with Gasteiger partial charge in [0.15, 0.2) is 0 Å². The molecule has 0 N–H and O–H groups in total. The van der Waals surface area contributed by atoms with Crippen molar-refractivity contribution in [2.45, 2.75) is 37.5 Å². The first kappa shape index (κ1) is 16.0. The van der Waals surface area contributed by atoms with Crippen molar-refractivity contribution < 1.29 is 9.13 Å². The summed E-state index contributed by atoms with van der Waals surface area (Å²) in [6, 6.07) is 17.2. The van der Waals surface area contributed by atoms with E-state index in [1.54, 1.807) is 12.7 Å². The van der Waals surface area contributed by atoms with E-state index < -0.39 is 0 Å². The topological polar surface area (TPSA) is 39.9 Å². The molecule has 4 nitrogen and oxygen atoms in total. The lowest BCUT2D eigenvalue weighted by molar-refractivity contribution is 0.0305. The summed E-state index contributed by atoms with van der Waals surface area (Å²) < 4.78 is 21.7. The van der Waals surface area contributed by atoms with Gasteiger partial charge in [-0.15, -0.1) is 10.2 Å². The van der Waals surface area contributed by atoms with Crippen LogP contribution >= 0.6 is 0 Å². The molecule has 128 valence electrons. The molecule has 0 radical (unpaired) electrons. The third-order valence-corrected chi connectivity index (χ3v) is 4.94. The molecule has 1 fully saturated rings. The molecule has 0 spiro atoms. The minimum atomic E-state index is -0.218. The standard InChI is InChI=1S/C20H20FN3O/c21-17-8-6-16(7-9-17)20-18(24-13-22-23-14-24)10-11-19(20)25-12-15-4-2-1-3-5-15/h1-9,13-14,18-20H,10-12H2. The maximum atomic E-state index is 13.4. The summed E-state index contributed by atoms with van der Waals surface area (Å²) in [5.41, 5.74) is 2.25. The van der Waals surface area contributed by atoms with Crippen LogP contribution in [0.1, 0.15) is 35.9 Å². The van der Waals surface area contributed by atoms with E-state index in [0.29, 0.717) is 6.61 Å². The average molecular weight is 337 g/mol. The van der Waals surface area contributed by atoms with Gasteiger partial charge in [0, 0.05) is 12.0 Å². The normalized spacial score (nSPS) is 23.0. The van der Waals surface area contributed by atoms with Crippen molar-refractivity contribution in [1.29, 1.82) is 0 Å². The Morgan fingerprint density at radius 2 is 1.68 bits per heavy atom. The minimum absolute atomic E-state index is 0.0815. The molecular formula is C20H20FN3O. The largest absolute Gasteiger partial charge is 0.373 e. The Morgan fingerprint density at radius 1 is 0.960 bits per heavy atom. The molecule has 1 aliphatic rings. The van der Waals surface area contributed by atoms with E-state index in [9.17, 15) is 4.39 Å². The molecule has 0 aliphatic heterocycles. The number of hydrogen-bond donors (Lipinski definition) is 0. The minimum Gasteiger partial charge on any atom is -0.373 e. The van der Waals surface area contributed by atoms with Crippen molar-refractivity contribution in [1.82, 2.24) is 14.8 Å². The van der Waals surface area contributed by atoms with Crippen LogP contribution in [0.5, 0.6) is 0 Å². The first-order valence-electron chi connectivity index (χ1n) is 8.56. The zero-order chi connectivity index (χ0) is 17.1. The van der Waals surface area contributed by atoms with E-state index in [-0.39, 0.29) is 23.9 Å². The number of nitrogens with zero attached hydrogens (tertiary/aromatic N) is 3. The number of ether oxygens (including phenoxy) is 1. The summed E-state index contributed by atoms with van der Waals surface area (Å²) in [7, 11) is 0. The van der Waals surface area contributed by atoms with Crippen molar-refractivity contribution >= 4 is 0 Å². The second-order valence-electron chi connectivity index (χ2n) is 6.47. The van der Waals surface area contributed by atoms with Crippen LogP contribution in [-0.4, -0.2) is 20.9 Å². The van der Waals surface area contributed by atoms with Crippen LogP contribution in [0.3, 0.4) is 0 Å². The maximum absolute atomic E-state index is 13.4. The molecule has 25 heavy (non-hydrogen) atoms. The Bertz CT molecular complexity index is 790. The fourth-order valence-corrected chi connectivity index (χ4v) is 3.74. The van der Waals surface area contributed by atoms with Crippen LogP contribution in [0.4, 0.5) is 4.39 Å². The van der Waals surface area contributed by atoms with Crippen LogP contribution in [0, 0.1) is 5.82 Å². The maximum Gasteiger partial charge on any atom is 0.123 e. The van der Waals surface area contributed by atoms with Crippen LogP contribution in [0.25, 0.3) is 0 Å². The number of hydrogen-bond acceptors (Lipinski definition) is 3.